The summed E-state index contributed by atoms with van der Waals surface area (Å²) < 4.78 is 0. The van der Waals surface area contributed by atoms with Gasteiger partial charge in [-0.15, -0.1) is 0 Å². The summed E-state index contributed by atoms with van der Waals surface area (Å²) in [7, 11) is 0. The maximum atomic E-state index is 10.1. The molecular weight excluding hydrogens is 214 g/mol. The monoisotopic (exact) mass is 235 g/mol. The largest absolute Gasteiger partial charge is 0.391 e. The molecule has 94 valence electrons. The van der Waals surface area contributed by atoms with Crippen molar-refractivity contribution in [3.8, 4) is 0 Å². The van der Waals surface area contributed by atoms with Crippen LogP contribution in [0.3, 0.4) is 0 Å². The molecule has 0 amide bonds. The Morgan fingerprint density at radius 1 is 1.12 bits per heavy atom. The molecule has 0 radical (unpaired) electrons. The highest BCUT2D eigenvalue weighted by molar-refractivity contribution is 5.12. The van der Waals surface area contributed by atoms with Crippen LogP contribution in [0, 0.1) is 5.92 Å². The second kappa shape index (κ2) is 4.41. The van der Waals surface area contributed by atoms with Crippen molar-refractivity contribution in [2.24, 2.45) is 5.92 Å². The maximum absolute atomic E-state index is 10.1. The van der Waals surface area contributed by atoms with Crippen molar-refractivity contribution in [2.45, 2.75) is 64.0 Å². The van der Waals surface area contributed by atoms with E-state index in [1.54, 1.807) is 0 Å². The number of nitrogens with zero attached hydrogens (tertiary/aromatic N) is 3. The minimum absolute atomic E-state index is 0.101. The molecule has 1 fully saturated rings. The number of aryl methyl sites for hydroxylation is 2. The van der Waals surface area contributed by atoms with Gasteiger partial charge in [-0.2, -0.15) is 15.0 Å². The van der Waals surface area contributed by atoms with Gasteiger partial charge in [-0.05, 0) is 50.9 Å². The van der Waals surface area contributed by atoms with Gasteiger partial charge >= 0.3 is 0 Å². The van der Waals surface area contributed by atoms with Crippen LogP contribution >= 0.6 is 0 Å². The molecule has 1 N–H and O–H groups in total. The molecule has 1 saturated carbocycles. The number of aromatic nitrogens is 3. The van der Waals surface area contributed by atoms with E-state index in [0.29, 0.717) is 5.92 Å². The summed E-state index contributed by atoms with van der Waals surface area (Å²) >= 11 is 0. The lowest BCUT2D eigenvalue weighted by Gasteiger charge is -2.30. The molecular formula is C13H21N3O. The summed E-state index contributed by atoms with van der Waals surface area (Å²) in [6, 6.07) is 0.101. The molecule has 1 aromatic heterocycles. The molecule has 2 aliphatic rings. The Morgan fingerprint density at radius 2 is 1.76 bits per heavy atom. The van der Waals surface area contributed by atoms with E-state index >= 15 is 0 Å². The molecule has 17 heavy (non-hydrogen) atoms. The standard InChI is InChI=1S/C13H21N3O/c1-9-6-7-13(17)12(8-9)16-14-10-4-2-3-5-11(10)15-16/h9,12-13,17H,2-8H2,1H3. The van der Waals surface area contributed by atoms with Crippen LogP contribution in [0.2, 0.25) is 0 Å². The summed E-state index contributed by atoms with van der Waals surface area (Å²) in [5.41, 5.74) is 2.34. The van der Waals surface area contributed by atoms with Gasteiger partial charge in [0.2, 0.25) is 0 Å². The van der Waals surface area contributed by atoms with Crippen LogP contribution in [0.5, 0.6) is 0 Å². The molecule has 0 saturated heterocycles. The van der Waals surface area contributed by atoms with Gasteiger partial charge < -0.3 is 5.11 Å². The van der Waals surface area contributed by atoms with E-state index < -0.39 is 0 Å². The van der Waals surface area contributed by atoms with Crippen molar-refractivity contribution in [1.29, 1.82) is 0 Å². The third-order valence-electron chi connectivity index (χ3n) is 4.20. The first-order chi connectivity index (χ1) is 8.24. The van der Waals surface area contributed by atoms with Gasteiger partial charge in [0.1, 0.15) is 0 Å². The third-order valence-corrected chi connectivity index (χ3v) is 4.20. The van der Waals surface area contributed by atoms with E-state index in [0.717, 1.165) is 32.1 Å². The first-order valence-electron chi connectivity index (χ1n) is 6.86. The molecule has 2 aliphatic carbocycles. The zero-order chi connectivity index (χ0) is 11.8. The molecule has 3 unspecified atom stereocenters. The summed E-state index contributed by atoms with van der Waals surface area (Å²) in [5, 5.41) is 19.3. The van der Waals surface area contributed by atoms with Gasteiger partial charge in [-0.25, -0.2) is 0 Å². The van der Waals surface area contributed by atoms with Crippen molar-refractivity contribution in [1.82, 2.24) is 15.0 Å². The van der Waals surface area contributed by atoms with E-state index in [1.165, 1.54) is 24.2 Å². The number of aliphatic hydroxyl groups excluding tert-OH is 1. The highest BCUT2D eigenvalue weighted by Gasteiger charge is 2.31. The Kier molecular flexibility index (Phi) is 2.90. The minimum Gasteiger partial charge on any atom is -0.391 e. The van der Waals surface area contributed by atoms with E-state index in [-0.39, 0.29) is 12.1 Å². The fourth-order valence-electron chi connectivity index (χ4n) is 3.09. The van der Waals surface area contributed by atoms with E-state index in [4.69, 9.17) is 0 Å². The van der Waals surface area contributed by atoms with Gasteiger partial charge in [0, 0.05) is 0 Å². The van der Waals surface area contributed by atoms with Crippen LogP contribution in [0.4, 0.5) is 0 Å². The second-order valence-corrected chi connectivity index (χ2v) is 5.67. The molecule has 1 aromatic rings. The molecule has 0 bridgehead atoms. The van der Waals surface area contributed by atoms with Crippen molar-refractivity contribution < 1.29 is 5.11 Å². The SMILES string of the molecule is CC1CCC(O)C(n2nc3c(n2)CCCC3)C1. The van der Waals surface area contributed by atoms with Gasteiger partial charge in [0.25, 0.3) is 0 Å². The van der Waals surface area contributed by atoms with Crippen molar-refractivity contribution in [3.63, 3.8) is 0 Å². The van der Waals surface area contributed by atoms with E-state index in [1.807, 2.05) is 4.80 Å². The minimum atomic E-state index is -0.264. The molecule has 3 rings (SSSR count). The van der Waals surface area contributed by atoms with Gasteiger partial charge in [-0.1, -0.05) is 6.92 Å². The number of aliphatic hydroxyl groups is 1. The number of rotatable bonds is 1. The Bertz CT molecular complexity index is 378. The lowest BCUT2D eigenvalue weighted by Crippen LogP contribution is -2.32. The number of hydrogen-bond acceptors (Lipinski definition) is 3. The summed E-state index contributed by atoms with van der Waals surface area (Å²) in [5.74, 6) is 0.673. The van der Waals surface area contributed by atoms with Crippen LogP contribution in [-0.2, 0) is 12.8 Å². The van der Waals surface area contributed by atoms with Crippen molar-refractivity contribution in [2.75, 3.05) is 0 Å². The van der Waals surface area contributed by atoms with E-state index in [2.05, 4.69) is 17.1 Å². The molecule has 0 spiro atoms. The predicted molar refractivity (Wildman–Crippen MR) is 64.7 cm³/mol. The van der Waals surface area contributed by atoms with Gasteiger partial charge in [-0.3, -0.25) is 0 Å². The predicted octanol–water partition coefficient (Wildman–Crippen LogP) is 1.88. The molecule has 4 nitrogen and oxygen atoms in total. The Balaban J connectivity index is 1.84. The summed E-state index contributed by atoms with van der Waals surface area (Å²) in [6.07, 6.45) is 7.34. The number of hydrogen-bond donors (Lipinski definition) is 1. The zero-order valence-corrected chi connectivity index (χ0v) is 10.5. The second-order valence-electron chi connectivity index (χ2n) is 5.67. The first kappa shape index (κ1) is 11.2. The van der Waals surface area contributed by atoms with Crippen molar-refractivity contribution in [3.05, 3.63) is 11.4 Å². The fourth-order valence-corrected chi connectivity index (χ4v) is 3.09. The van der Waals surface area contributed by atoms with Gasteiger partial charge in [0.05, 0.1) is 23.5 Å². The van der Waals surface area contributed by atoms with E-state index in [9.17, 15) is 5.11 Å². The molecule has 1 heterocycles. The Labute approximate surface area is 102 Å². The molecule has 3 atom stereocenters. The number of fused-ring (bicyclic) bond motifs is 1. The molecule has 0 aliphatic heterocycles. The lowest BCUT2D eigenvalue weighted by atomic mass is 9.85. The Morgan fingerprint density at radius 3 is 2.41 bits per heavy atom. The summed E-state index contributed by atoms with van der Waals surface area (Å²) in [6.45, 7) is 2.25. The maximum Gasteiger partial charge on any atom is 0.0977 e. The smallest absolute Gasteiger partial charge is 0.0977 e. The van der Waals surface area contributed by atoms with Crippen LogP contribution in [0.1, 0.15) is 56.5 Å². The molecule has 4 heteroatoms. The third kappa shape index (κ3) is 2.10. The van der Waals surface area contributed by atoms with Gasteiger partial charge in [0.15, 0.2) is 0 Å². The zero-order valence-electron chi connectivity index (χ0n) is 10.5. The first-order valence-corrected chi connectivity index (χ1v) is 6.86. The van der Waals surface area contributed by atoms with Crippen LogP contribution in [0.15, 0.2) is 0 Å². The van der Waals surface area contributed by atoms with Crippen LogP contribution in [0.25, 0.3) is 0 Å². The average Bonchev–Trinajstić information content (AvgIpc) is 2.75. The fraction of sp³-hybridized carbons (Fsp3) is 0.846. The Hall–Kier alpha value is -0.900. The highest BCUT2D eigenvalue weighted by atomic mass is 16.3. The quantitative estimate of drug-likeness (QED) is 0.808. The average molecular weight is 235 g/mol. The molecule has 0 aromatic carbocycles. The lowest BCUT2D eigenvalue weighted by molar-refractivity contribution is 0.0447. The van der Waals surface area contributed by atoms with Crippen LogP contribution < -0.4 is 0 Å². The highest BCUT2D eigenvalue weighted by Crippen LogP contribution is 2.32. The topological polar surface area (TPSA) is 50.9 Å². The van der Waals surface area contributed by atoms with Crippen LogP contribution in [-0.4, -0.2) is 26.2 Å². The van der Waals surface area contributed by atoms with Crippen molar-refractivity contribution >= 4 is 0 Å². The normalized spacial score (nSPS) is 33.4. The summed E-state index contributed by atoms with van der Waals surface area (Å²) in [4.78, 5) is 1.82.